The highest BCUT2D eigenvalue weighted by molar-refractivity contribution is 9.10. The van der Waals surface area contributed by atoms with Gasteiger partial charge in [0.25, 0.3) is 0 Å². The SMILES string of the molecule is Fc1cccc(-c2nc3cn[n+](Cc4ccc(-c5ccc(Br)c(C(F)(F)F)c5)cc4)cc3[nH]2)c1F. The van der Waals surface area contributed by atoms with Crippen molar-refractivity contribution in [2.24, 2.45) is 0 Å². The van der Waals surface area contributed by atoms with Crippen molar-refractivity contribution < 1.29 is 26.6 Å². The highest BCUT2D eigenvalue weighted by atomic mass is 79.9. The summed E-state index contributed by atoms with van der Waals surface area (Å²) in [4.78, 5) is 7.27. The van der Waals surface area contributed by atoms with Crippen LogP contribution in [0.4, 0.5) is 22.0 Å². The first-order valence-corrected chi connectivity index (χ1v) is 11.1. The van der Waals surface area contributed by atoms with Crippen LogP contribution in [0.25, 0.3) is 33.5 Å². The molecule has 0 aliphatic carbocycles. The maximum absolute atomic E-state index is 14.1. The Morgan fingerprint density at radius 3 is 2.43 bits per heavy atom. The Morgan fingerprint density at radius 1 is 0.943 bits per heavy atom. The van der Waals surface area contributed by atoms with E-state index in [2.05, 4.69) is 31.0 Å². The van der Waals surface area contributed by atoms with Crippen molar-refractivity contribution in [3.8, 4) is 22.5 Å². The molecule has 0 atom stereocenters. The van der Waals surface area contributed by atoms with Crippen LogP contribution in [0.5, 0.6) is 0 Å². The molecule has 5 aromatic rings. The summed E-state index contributed by atoms with van der Waals surface area (Å²) < 4.78 is 69.0. The Kier molecular flexibility index (Phi) is 5.84. The molecule has 176 valence electrons. The number of aromatic amines is 1. The molecular formula is C25H15BrF5N4+. The maximum atomic E-state index is 14.1. The van der Waals surface area contributed by atoms with Crippen LogP contribution >= 0.6 is 15.9 Å². The number of nitrogens with zero attached hydrogens (tertiary/aromatic N) is 3. The molecule has 3 aromatic carbocycles. The molecule has 0 aliphatic rings. The predicted molar refractivity (Wildman–Crippen MR) is 123 cm³/mol. The number of hydrogen-bond acceptors (Lipinski definition) is 2. The number of hydrogen-bond donors (Lipinski definition) is 1. The number of nitrogens with one attached hydrogen (secondary N) is 1. The van der Waals surface area contributed by atoms with Gasteiger partial charge in [0.2, 0.25) is 6.20 Å². The van der Waals surface area contributed by atoms with Gasteiger partial charge in [-0.25, -0.2) is 13.8 Å². The van der Waals surface area contributed by atoms with Gasteiger partial charge in [-0.2, -0.15) is 13.2 Å². The number of imidazole rings is 1. The summed E-state index contributed by atoms with van der Waals surface area (Å²) in [5, 5.41) is 4.31. The average molecular weight is 546 g/mol. The molecule has 2 heterocycles. The van der Waals surface area contributed by atoms with Crippen molar-refractivity contribution in [1.82, 2.24) is 15.1 Å². The quantitative estimate of drug-likeness (QED) is 0.202. The second kappa shape index (κ2) is 8.84. The molecule has 10 heteroatoms. The van der Waals surface area contributed by atoms with Crippen LogP contribution in [0, 0.1) is 11.6 Å². The molecule has 0 radical (unpaired) electrons. The first-order valence-electron chi connectivity index (χ1n) is 10.3. The Morgan fingerprint density at radius 2 is 1.69 bits per heavy atom. The lowest BCUT2D eigenvalue weighted by atomic mass is 10.0. The zero-order valence-electron chi connectivity index (χ0n) is 17.7. The Bertz CT molecular complexity index is 1540. The molecule has 0 saturated heterocycles. The molecule has 0 saturated carbocycles. The molecule has 0 spiro atoms. The summed E-state index contributed by atoms with van der Waals surface area (Å²) in [6.45, 7) is 0.382. The molecule has 0 bridgehead atoms. The molecular weight excluding hydrogens is 531 g/mol. The van der Waals surface area contributed by atoms with E-state index in [1.165, 1.54) is 24.4 Å². The number of benzene rings is 3. The molecule has 0 aliphatic heterocycles. The normalized spacial score (nSPS) is 11.8. The van der Waals surface area contributed by atoms with Crippen molar-refractivity contribution >= 4 is 27.0 Å². The van der Waals surface area contributed by atoms with E-state index in [1.807, 2.05) is 12.1 Å². The lowest BCUT2D eigenvalue weighted by Gasteiger charge is -2.11. The summed E-state index contributed by atoms with van der Waals surface area (Å²) >= 11 is 2.95. The number of aromatic nitrogens is 4. The fourth-order valence-electron chi connectivity index (χ4n) is 3.72. The Hall–Kier alpha value is -3.66. The van der Waals surface area contributed by atoms with Crippen molar-refractivity contribution in [2.75, 3.05) is 0 Å². The van der Waals surface area contributed by atoms with E-state index in [1.54, 1.807) is 29.1 Å². The van der Waals surface area contributed by atoms with Crippen LogP contribution in [0.1, 0.15) is 11.1 Å². The average Bonchev–Trinajstić information content (AvgIpc) is 3.24. The van der Waals surface area contributed by atoms with Gasteiger partial charge in [-0.3, -0.25) is 0 Å². The summed E-state index contributed by atoms with van der Waals surface area (Å²) in [5.74, 6) is -1.76. The van der Waals surface area contributed by atoms with Gasteiger partial charge in [0.15, 0.2) is 18.2 Å². The van der Waals surface area contributed by atoms with Crippen molar-refractivity contribution in [2.45, 2.75) is 12.7 Å². The number of alkyl halides is 3. The first kappa shape index (κ1) is 23.1. The van der Waals surface area contributed by atoms with Crippen LogP contribution in [-0.4, -0.2) is 15.1 Å². The van der Waals surface area contributed by atoms with Crippen LogP contribution in [0.3, 0.4) is 0 Å². The summed E-state index contributed by atoms with van der Waals surface area (Å²) in [6, 6.07) is 15.1. The fraction of sp³-hybridized carbons (Fsp3) is 0.0800. The van der Waals surface area contributed by atoms with Crippen molar-refractivity contribution in [1.29, 1.82) is 0 Å². The number of H-pyrrole nitrogens is 1. The minimum absolute atomic E-state index is 0.00895. The Labute approximate surface area is 204 Å². The zero-order chi connectivity index (χ0) is 24.7. The summed E-state index contributed by atoms with van der Waals surface area (Å²) in [6.07, 6.45) is -1.24. The minimum Gasteiger partial charge on any atom is -0.333 e. The van der Waals surface area contributed by atoms with Gasteiger partial charge < -0.3 is 4.98 Å². The maximum Gasteiger partial charge on any atom is 0.417 e. The topological polar surface area (TPSA) is 45.5 Å². The van der Waals surface area contributed by atoms with Gasteiger partial charge in [0.1, 0.15) is 23.1 Å². The fourth-order valence-corrected chi connectivity index (χ4v) is 4.19. The van der Waals surface area contributed by atoms with E-state index < -0.39 is 23.4 Å². The van der Waals surface area contributed by atoms with Crippen molar-refractivity contribution in [3.63, 3.8) is 0 Å². The highest BCUT2D eigenvalue weighted by Gasteiger charge is 2.33. The minimum atomic E-state index is -4.46. The standard InChI is InChI=1S/C25H14BrF5N4/c26-19-9-8-16(10-18(19)25(29,30)31)15-6-4-14(5-7-15)12-35-13-22-21(11-32-35)33-24(34-22)17-2-1-3-20(27)23(17)28/h1-11,13H,12H2/p+1. The van der Waals surface area contributed by atoms with Gasteiger partial charge in [-0.15, -0.1) is 0 Å². The van der Waals surface area contributed by atoms with E-state index in [4.69, 9.17) is 0 Å². The third kappa shape index (κ3) is 4.66. The van der Waals surface area contributed by atoms with Crippen LogP contribution in [0.2, 0.25) is 0 Å². The van der Waals surface area contributed by atoms with Crippen LogP contribution in [-0.2, 0) is 12.7 Å². The molecule has 0 amide bonds. The highest BCUT2D eigenvalue weighted by Crippen LogP contribution is 2.37. The molecule has 4 nitrogen and oxygen atoms in total. The second-order valence-electron chi connectivity index (χ2n) is 7.85. The van der Waals surface area contributed by atoms with Crippen molar-refractivity contribution in [3.05, 3.63) is 100 Å². The third-order valence-corrected chi connectivity index (χ3v) is 6.17. The monoisotopic (exact) mass is 545 g/mol. The lowest BCUT2D eigenvalue weighted by molar-refractivity contribution is -0.745. The molecule has 5 rings (SSSR count). The third-order valence-electron chi connectivity index (χ3n) is 5.48. The van der Waals surface area contributed by atoms with E-state index in [0.717, 1.165) is 17.7 Å². The van der Waals surface area contributed by atoms with Gasteiger partial charge in [-0.1, -0.05) is 57.0 Å². The van der Waals surface area contributed by atoms with Gasteiger partial charge in [-0.05, 0) is 40.5 Å². The molecule has 0 unspecified atom stereocenters. The van der Waals surface area contributed by atoms with E-state index in [-0.39, 0.29) is 15.9 Å². The predicted octanol–water partition coefficient (Wildman–Crippen LogP) is 6.69. The molecule has 1 N–H and O–H groups in total. The number of rotatable bonds is 4. The largest absolute Gasteiger partial charge is 0.417 e. The summed E-state index contributed by atoms with van der Waals surface area (Å²) in [7, 11) is 0. The van der Waals surface area contributed by atoms with E-state index >= 15 is 0 Å². The van der Waals surface area contributed by atoms with Gasteiger partial charge in [0, 0.05) is 10.0 Å². The summed E-state index contributed by atoms with van der Waals surface area (Å²) in [5.41, 5.74) is 2.34. The number of fused-ring (bicyclic) bond motifs is 1. The zero-order valence-corrected chi connectivity index (χ0v) is 19.3. The number of halogens is 6. The van der Waals surface area contributed by atoms with Crippen LogP contribution in [0.15, 0.2) is 77.5 Å². The van der Waals surface area contributed by atoms with E-state index in [9.17, 15) is 22.0 Å². The second-order valence-corrected chi connectivity index (χ2v) is 8.70. The first-order chi connectivity index (χ1) is 16.7. The van der Waals surface area contributed by atoms with Gasteiger partial charge in [0.05, 0.1) is 11.1 Å². The smallest absolute Gasteiger partial charge is 0.333 e. The van der Waals surface area contributed by atoms with E-state index in [0.29, 0.717) is 28.7 Å². The molecule has 35 heavy (non-hydrogen) atoms. The molecule has 0 fully saturated rings. The van der Waals surface area contributed by atoms with Crippen LogP contribution < -0.4 is 4.68 Å². The van der Waals surface area contributed by atoms with Gasteiger partial charge >= 0.3 is 6.18 Å². The Balaban J connectivity index is 1.38. The lowest BCUT2D eigenvalue weighted by Crippen LogP contribution is -2.37. The molecule has 2 aromatic heterocycles.